The van der Waals surface area contributed by atoms with Gasteiger partial charge in [-0.2, -0.15) is 0 Å². The maximum absolute atomic E-state index is 13.3. The molecule has 0 unspecified atom stereocenters. The van der Waals surface area contributed by atoms with Gasteiger partial charge in [-0.1, -0.05) is 31.4 Å². The van der Waals surface area contributed by atoms with E-state index in [0.717, 1.165) is 67.9 Å². The fourth-order valence-corrected chi connectivity index (χ4v) is 5.17. The maximum Gasteiger partial charge on any atom is 0.253 e. The highest BCUT2D eigenvalue weighted by molar-refractivity contribution is 5.79. The number of piperazine rings is 1. The molecule has 1 aromatic carbocycles. The van der Waals surface area contributed by atoms with Crippen molar-refractivity contribution in [1.82, 2.24) is 35.0 Å². The Labute approximate surface area is 182 Å². The Balaban J connectivity index is 1.61. The Kier molecular flexibility index (Phi) is 5.58. The summed E-state index contributed by atoms with van der Waals surface area (Å²) >= 11 is 0. The second kappa shape index (κ2) is 8.51. The van der Waals surface area contributed by atoms with Crippen LogP contribution in [0, 0.1) is 6.92 Å². The van der Waals surface area contributed by atoms with Gasteiger partial charge in [-0.25, -0.2) is 4.68 Å². The van der Waals surface area contributed by atoms with Crippen molar-refractivity contribution in [3.63, 3.8) is 0 Å². The van der Waals surface area contributed by atoms with Gasteiger partial charge in [-0.3, -0.25) is 9.69 Å². The van der Waals surface area contributed by atoms with Gasteiger partial charge >= 0.3 is 0 Å². The fourth-order valence-electron chi connectivity index (χ4n) is 5.17. The average Bonchev–Trinajstić information content (AvgIpc) is 3.47. The number of tetrazole rings is 1. The third-order valence-electron chi connectivity index (χ3n) is 6.98. The topological polar surface area (TPSA) is 82.9 Å². The van der Waals surface area contributed by atoms with Gasteiger partial charge in [0.2, 0.25) is 0 Å². The number of hydrogen-bond donors (Lipinski definition) is 1. The summed E-state index contributed by atoms with van der Waals surface area (Å²) in [7, 11) is 0. The van der Waals surface area contributed by atoms with Gasteiger partial charge in [0.05, 0.1) is 6.04 Å². The lowest BCUT2D eigenvalue weighted by atomic mass is 10.0. The molecule has 8 heteroatoms. The molecule has 0 radical (unpaired) electrons. The summed E-state index contributed by atoms with van der Waals surface area (Å²) in [6.45, 7) is 9.08. The Morgan fingerprint density at radius 2 is 1.90 bits per heavy atom. The Morgan fingerprint density at radius 3 is 2.65 bits per heavy atom. The van der Waals surface area contributed by atoms with E-state index < -0.39 is 0 Å². The molecule has 1 saturated heterocycles. The van der Waals surface area contributed by atoms with E-state index in [9.17, 15) is 4.79 Å². The highest BCUT2D eigenvalue weighted by atomic mass is 16.1. The number of aryl methyl sites for hydroxylation is 1. The van der Waals surface area contributed by atoms with E-state index in [1.165, 1.54) is 18.4 Å². The second-order valence-corrected chi connectivity index (χ2v) is 8.94. The van der Waals surface area contributed by atoms with E-state index in [0.29, 0.717) is 6.04 Å². The predicted molar refractivity (Wildman–Crippen MR) is 120 cm³/mol. The smallest absolute Gasteiger partial charge is 0.253 e. The minimum atomic E-state index is -0.247. The number of H-pyrrole nitrogens is 1. The quantitative estimate of drug-likeness (QED) is 0.682. The van der Waals surface area contributed by atoms with Crippen molar-refractivity contribution in [2.45, 2.75) is 51.6 Å². The lowest BCUT2D eigenvalue weighted by molar-refractivity contribution is 0.107. The first-order chi connectivity index (χ1) is 15.1. The number of rotatable bonds is 5. The standard InChI is InChI=1S/C23H31N7O/c1-3-28-10-12-29(13-11-28)21(22-25-26-27-30(22)18-6-4-5-7-18)19-15-17-14-16(2)8-9-20(17)24-23(19)31/h8-9,14-15,18,21H,3-7,10-13H2,1-2H3,(H,24,31)/t21-/m0/s1. The van der Waals surface area contributed by atoms with Crippen molar-refractivity contribution in [2.75, 3.05) is 32.7 Å². The number of aromatic amines is 1. The summed E-state index contributed by atoms with van der Waals surface area (Å²) in [4.78, 5) is 21.2. The van der Waals surface area contributed by atoms with E-state index in [-0.39, 0.29) is 11.6 Å². The molecule has 5 rings (SSSR count). The molecule has 1 aliphatic carbocycles. The van der Waals surface area contributed by atoms with E-state index in [4.69, 9.17) is 0 Å². The number of benzene rings is 1. The van der Waals surface area contributed by atoms with Gasteiger partial charge in [-0.05, 0) is 60.3 Å². The number of hydrogen-bond acceptors (Lipinski definition) is 6. The summed E-state index contributed by atoms with van der Waals surface area (Å²) in [6.07, 6.45) is 4.61. The Hall–Kier alpha value is -2.58. The van der Waals surface area contributed by atoms with Gasteiger partial charge in [0, 0.05) is 37.3 Å². The summed E-state index contributed by atoms with van der Waals surface area (Å²) in [5.74, 6) is 0.800. The first-order valence-electron chi connectivity index (χ1n) is 11.5. The maximum atomic E-state index is 13.3. The zero-order valence-electron chi connectivity index (χ0n) is 18.4. The highest BCUT2D eigenvalue weighted by Crippen LogP contribution is 2.34. The van der Waals surface area contributed by atoms with Crippen LogP contribution in [-0.2, 0) is 0 Å². The van der Waals surface area contributed by atoms with Gasteiger partial charge < -0.3 is 9.88 Å². The van der Waals surface area contributed by atoms with Crippen LogP contribution in [0.2, 0.25) is 0 Å². The van der Waals surface area contributed by atoms with Crippen LogP contribution in [0.25, 0.3) is 10.9 Å². The minimum Gasteiger partial charge on any atom is -0.322 e. The van der Waals surface area contributed by atoms with Crippen LogP contribution >= 0.6 is 0 Å². The molecule has 2 fully saturated rings. The lowest BCUT2D eigenvalue weighted by Crippen LogP contribution is -2.49. The monoisotopic (exact) mass is 421 g/mol. The molecule has 0 bridgehead atoms. The van der Waals surface area contributed by atoms with Crippen LogP contribution in [0.15, 0.2) is 29.1 Å². The van der Waals surface area contributed by atoms with Crippen molar-refractivity contribution < 1.29 is 0 Å². The molecule has 0 amide bonds. The molecule has 8 nitrogen and oxygen atoms in total. The highest BCUT2D eigenvalue weighted by Gasteiger charge is 2.34. The van der Waals surface area contributed by atoms with E-state index >= 15 is 0 Å². The second-order valence-electron chi connectivity index (χ2n) is 8.94. The molecule has 1 saturated carbocycles. The number of fused-ring (bicyclic) bond motifs is 1. The van der Waals surface area contributed by atoms with Crippen LogP contribution in [0.4, 0.5) is 0 Å². The third-order valence-corrected chi connectivity index (χ3v) is 6.98. The SMILES string of the molecule is CCN1CCN([C@@H](c2cc3cc(C)ccc3[nH]c2=O)c2nnnn2C2CCCC2)CC1. The number of pyridine rings is 1. The molecular formula is C23H31N7O. The van der Waals surface area contributed by atoms with Gasteiger partial charge in [0.1, 0.15) is 6.04 Å². The normalized spacial score (nSPS) is 19.9. The molecule has 0 spiro atoms. The molecule has 3 heterocycles. The van der Waals surface area contributed by atoms with E-state index in [1.807, 2.05) is 22.9 Å². The molecule has 1 aliphatic heterocycles. The first-order valence-corrected chi connectivity index (χ1v) is 11.5. The van der Waals surface area contributed by atoms with Crippen molar-refractivity contribution in [2.24, 2.45) is 0 Å². The Morgan fingerprint density at radius 1 is 1.13 bits per heavy atom. The molecule has 3 aromatic rings. The largest absolute Gasteiger partial charge is 0.322 e. The molecule has 1 atom stereocenters. The number of nitrogens with one attached hydrogen (secondary N) is 1. The molecule has 2 aliphatic rings. The number of aromatic nitrogens is 5. The molecule has 1 N–H and O–H groups in total. The van der Waals surface area contributed by atoms with Crippen molar-refractivity contribution in [3.05, 3.63) is 51.6 Å². The fraction of sp³-hybridized carbons (Fsp3) is 0.565. The zero-order valence-corrected chi connectivity index (χ0v) is 18.4. The molecular weight excluding hydrogens is 390 g/mol. The van der Waals surface area contributed by atoms with Crippen molar-refractivity contribution in [3.8, 4) is 0 Å². The molecule has 31 heavy (non-hydrogen) atoms. The van der Waals surface area contributed by atoms with Gasteiger partial charge in [0.15, 0.2) is 5.82 Å². The van der Waals surface area contributed by atoms with Crippen LogP contribution in [0.5, 0.6) is 0 Å². The first kappa shape index (κ1) is 20.3. The summed E-state index contributed by atoms with van der Waals surface area (Å²) < 4.78 is 2.00. The van der Waals surface area contributed by atoms with E-state index in [1.54, 1.807) is 0 Å². The van der Waals surface area contributed by atoms with Crippen molar-refractivity contribution >= 4 is 10.9 Å². The lowest BCUT2D eigenvalue weighted by Gasteiger charge is -2.38. The van der Waals surface area contributed by atoms with Crippen LogP contribution in [0.3, 0.4) is 0 Å². The number of likely N-dealkylation sites (N-methyl/N-ethyl adjacent to an activating group) is 1. The van der Waals surface area contributed by atoms with Gasteiger partial charge in [0.25, 0.3) is 5.56 Å². The molecule has 2 aromatic heterocycles. The minimum absolute atomic E-state index is 0.0553. The Bertz CT molecular complexity index is 1110. The number of nitrogens with zero attached hydrogens (tertiary/aromatic N) is 6. The molecule has 164 valence electrons. The van der Waals surface area contributed by atoms with E-state index in [2.05, 4.69) is 50.2 Å². The van der Waals surface area contributed by atoms with Crippen LogP contribution in [-0.4, -0.2) is 67.7 Å². The van der Waals surface area contributed by atoms with Gasteiger partial charge in [-0.15, -0.1) is 5.10 Å². The third kappa shape index (κ3) is 3.90. The van der Waals surface area contributed by atoms with Crippen LogP contribution in [0.1, 0.15) is 61.6 Å². The van der Waals surface area contributed by atoms with Crippen molar-refractivity contribution in [1.29, 1.82) is 0 Å². The summed E-state index contributed by atoms with van der Waals surface area (Å²) in [6, 6.07) is 8.26. The van der Waals surface area contributed by atoms with Crippen LogP contribution < -0.4 is 5.56 Å². The predicted octanol–water partition coefficient (Wildman–Crippen LogP) is 2.67. The summed E-state index contributed by atoms with van der Waals surface area (Å²) in [5.41, 5.74) is 2.72. The zero-order chi connectivity index (χ0) is 21.4. The summed E-state index contributed by atoms with van der Waals surface area (Å²) in [5, 5.41) is 14.0. The average molecular weight is 422 g/mol.